The summed E-state index contributed by atoms with van der Waals surface area (Å²) in [6, 6.07) is 2.63. The Morgan fingerprint density at radius 3 is 2.67 bits per heavy atom. The topological polar surface area (TPSA) is 79.4 Å². The number of pyridine rings is 1. The molecular weight excluding hydrogens is 367 g/mol. The lowest BCUT2D eigenvalue weighted by Gasteiger charge is -2.16. The van der Waals surface area contributed by atoms with Gasteiger partial charge in [-0.25, -0.2) is 17.7 Å². The van der Waals surface area contributed by atoms with Gasteiger partial charge in [0, 0.05) is 38.1 Å². The van der Waals surface area contributed by atoms with Crippen LogP contribution >= 0.6 is 11.8 Å². The zero-order valence-corrected chi connectivity index (χ0v) is 14.8. The van der Waals surface area contributed by atoms with Crippen LogP contribution in [0.25, 0.3) is 0 Å². The molecule has 1 aromatic rings. The van der Waals surface area contributed by atoms with Gasteiger partial charge in [-0.3, -0.25) is 4.79 Å². The summed E-state index contributed by atoms with van der Waals surface area (Å²) < 4.78 is 61.6. The van der Waals surface area contributed by atoms with Crippen molar-refractivity contribution in [3.05, 3.63) is 23.9 Å². The number of carbonyl (C=O) groups is 1. The molecule has 0 aliphatic heterocycles. The number of hydrogen-bond acceptors (Lipinski definition) is 5. The van der Waals surface area contributed by atoms with Crippen LogP contribution in [0.1, 0.15) is 23.7 Å². The number of thioether (sulfide) groups is 1. The number of aromatic nitrogens is 1. The third-order valence-electron chi connectivity index (χ3n) is 3.00. The van der Waals surface area contributed by atoms with E-state index in [0.29, 0.717) is 6.42 Å². The van der Waals surface area contributed by atoms with Gasteiger partial charge < -0.3 is 5.32 Å². The molecule has 0 radical (unpaired) electrons. The molecule has 6 nitrogen and oxygen atoms in total. The molecule has 0 fully saturated rings. The number of halogens is 3. The van der Waals surface area contributed by atoms with Gasteiger partial charge in [-0.15, -0.1) is 0 Å². The Kier molecular flexibility index (Phi) is 7.49. The molecule has 1 rings (SSSR count). The van der Waals surface area contributed by atoms with E-state index in [-0.39, 0.29) is 24.4 Å². The monoisotopic (exact) mass is 385 g/mol. The van der Waals surface area contributed by atoms with Crippen molar-refractivity contribution in [2.24, 2.45) is 0 Å². The number of nitrogens with one attached hydrogen (secondary N) is 1. The van der Waals surface area contributed by atoms with E-state index in [0.717, 1.165) is 0 Å². The van der Waals surface area contributed by atoms with Crippen molar-refractivity contribution >= 4 is 27.7 Å². The normalized spacial score (nSPS) is 12.4. The van der Waals surface area contributed by atoms with Gasteiger partial charge in [0.1, 0.15) is 5.03 Å². The minimum absolute atomic E-state index is 0.0242. The number of alkyl halides is 3. The SMILES string of the molecule is CCS(=O)(=O)N(C)CCCNC(=O)c1cccnc1SC(F)(F)F. The fourth-order valence-electron chi connectivity index (χ4n) is 1.71. The predicted octanol–water partition coefficient (Wildman–Crippen LogP) is 2.09. The zero-order valence-electron chi connectivity index (χ0n) is 13.1. The number of nitrogens with zero attached hydrogens (tertiary/aromatic N) is 2. The molecule has 1 aromatic heterocycles. The predicted molar refractivity (Wildman–Crippen MR) is 85.2 cm³/mol. The highest BCUT2D eigenvalue weighted by molar-refractivity contribution is 8.00. The highest BCUT2D eigenvalue weighted by atomic mass is 32.2. The van der Waals surface area contributed by atoms with Gasteiger partial charge in [0.05, 0.1) is 11.3 Å². The largest absolute Gasteiger partial charge is 0.447 e. The lowest BCUT2D eigenvalue weighted by Crippen LogP contribution is -2.32. The van der Waals surface area contributed by atoms with Crippen LogP contribution in [0.2, 0.25) is 0 Å². The first-order valence-electron chi connectivity index (χ1n) is 7.00. The van der Waals surface area contributed by atoms with Crippen molar-refractivity contribution in [3.8, 4) is 0 Å². The van der Waals surface area contributed by atoms with Gasteiger partial charge in [-0.2, -0.15) is 13.2 Å². The highest BCUT2D eigenvalue weighted by Gasteiger charge is 2.32. The molecule has 0 aliphatic carbocycles. The van der Waals surface area contributed by atoms with Gasteiger partial charge >= 0.3 is 5.51 Å². The Morgan fingerprint density at radius 1 is 1.42 bits per heavy atom. The quantitative estimate of drug-likeness (QED) is 0.548. The van der Waals surface area contributed by atoms with Crippen molar-refractivity contribution in [1.29, 1.82) is 0 Å². The molecule has 0 unspecified atom stereocenters. The maximum absolute atomic E-state index is 12.5. The molecule has 24 heavy (non-hydrogen) atoms. The first-order valence-corrected chi connectivity index (χ1v) is 9.42. The van der Waals surface area contributed by atoms with E-state index in [2.05, 4.69) is 10.3 Å². The molecule has 1 amide bonds. The van der Waals surface area contributed by atoms with E-state index in [4.69, 9.17) is 0 Å². The summed E-state index contributed by atoms with van der Waals surface area (Å²) in [5.74, 6) is -0.709. The van der Waals surface area contributed by atoms with Crippen molar-refractivity contribution in [1.82, 2.24) is 14.6 Å². The van der Waals surface area contributed by atoms with Gasteiger partial charge in [-0.05, 0) is 25.5 Å². The van der Waals surface area contributed by atoms with E-state index in [9.17, 15) is 26.4 Å². The third kappa shape index (κ3) is 6.65. The Labute approximate surface area is 142 Å². The van der Waals surface area contributed by atoms with Gasteiger partial charge in [0.2, 0.25) is 10.0 Å². The maximum Gasteiger partial charge on any atom is 0.447 e. The van der Waals surface area contributed by atoms with Gasteiger partial charge in [0.25, 0.3) is 5.91 Å². The minimum atomic E-state index is -4.54. The number of sulfonamides is 1. The molecular formula is C13H18F3N3O3S2. The second-order valence-electron chi connectivity index (χ2n) is 4.74. The summed E-state index contributed by atoms with van der Waals surface area (Å²) in [6.07, 6.45) is 1.51. The van der Waals surface area contributed by atoms with E-state index in [1.54, 1.807) is 0 Å². The molecule has 0 aromatic carbocycles. The summed E-state index contributed by atoms with van der Waals surface area (Å²) in [6.45, 7) is 1.86. The van der Waals surface area contributed by atoms with Crippen LogP contribution < -0.4 is 5.32 Å². The Hall–Kier alpha value is -1.33. The van der Waals surface area contributed by atoms with Crippen LogP contribution in [-0.2, 0) is 10.0 Å². The van der Waals surface area contributed by atoms with Gasteiger partial charge in [-0.1, -0.05) is 0 Å². The number of rotatable bonds is 8. The highest BCUT2D eigenvalue weighted by Crippen LogP contribution is 2.37. The molecule has 0 atom stereocenters. The number of hydrogen-bond donors (Lipinski definition) is 1. The summed E-state index contributed by atoms with van der Waals surface area (Å²) in [5, 5.41) is 2.05. The molecule has 0 saturated heterocycles. The molecule has 0 bridgehead atoms. The number of carbonyl (C=O) groups excluding carboxylic acids is 1. The zero-order chi connectivity index (χ0) is 18.4. The standard InChI is InChI=1S/C13H18F3N3O3S2/c1-3-24(21,22)19(2)9-5-8-17-11(20)10-6-4-7-18-12(10)23-13(14,15)16/h4,6-7H,3,5,8-9H2,1-2H3,(H,17,20). The lowest BCUT2D eigenvalue weighted by atomic mass is 10.2. The fraction of sp³-hybridized carbons (Fsp3) is 0.538. The number of amides is 1. The second-order valence-corrected chi connectivity index (χ2v) is 8.15. The first-order chi connectivity index (χ1) is 11.1. The minimum Gasteiger partial charge on any atom is -0.352 e. The Bertz CT molecular complexity index is 666. The first kappa shape index (κ1) is 20.7. The molecule has 1 heterocycles. The van der Waals surface area contributed by atoms with E-state index in [1.165, 1.54) is 36.6 Å². The van der Waals surface area contributed by atoms with Crippen molar-refractivity contribution in [3.63, 3.8) is 0 Å². The maximum atomic E-state index is 12.5. The average molecular weight is 385 g/mol. The van der Waals surface area contributed by atoms with Crippen LogP contribution in [0.3, 0.4) is 0 Å². The summed E-state index contributed by atoms with van der Waals surface area (Å²) in [5.41, 5.74) is -4.71. The van der Waals surface area contributed by atoms with Crippen LogP contribution in [-0.4, -0.2) is 55.0 Å². The fourth-order valence-corrected chi connectivity index (χ4v) is 3.16. The van der Waals surface area contributed by atoms with Crippen molar-refractivity contribution < 1.29 is 26.4 Å². The molecule has 0 spiro atoms. The smallest absolute Gasteiger partial charge is 0.352 e. The lowest BCUT2D eigenvalue weighted by molar-refractivity contribution is -0.0329. The van der Waals surface area contributed by atoms with E-state index in [1.807, 2.05) is 0 Å². The molecule has 1 N–H and O–H groups in total. The van der Waals surface area contributed by atoms with Gasteiger partial charge in [0.15, 0.2) is 0 Å². The average Bonchev–Trinajstić information content (AvgIpc) is 2.50. The van der Waals surface area contributed by atoms with Crippen molar-refractivity contribution in [2.45, 2.75) is 23.9 Å². The Morgan fingerprint density at radius 2 is 2.08 bits per heavy atom. The Balaban J connectivity index is 2.58. The molecule has 0 aliphatic rings. The van der Waals surface area contributed by atoms with Crippen LogP contribution in [0, 0.1) is 0 Å². The molecule has 11 heteroatoms. The summed E-state index contributed by atoms with van der Waals surface area (Å²) >= 11 is -0.453. The summed E-state index contributed by atoms with van der Waals surface area (Å²) in [4.78, 5) is 15.6. The van der Waals surface area contributed by atoms with Crippen LogP contribution in [0.5, 0.6) is 0 Å². The summed E-state index contributed by atoms with van der Waals surface area (Å²) in [7, 11) is -1.87. The second kappa shape index (κ2) is 8.67. The van der Waals surface area contributed by atoms with E-state index >= 15 is 0 Å². The molecule has 0 saturated carbocycles. The van der Waals surface area contributed by atoms with E-state index < -0.39 is 38.2 Å². The van der Waals surface area contributed by atoms with Crippen LogP contribution in [0.15, 0.2) is 23.4 Å². The third-order valence-corrected chi connectivity index (χ3v) is 5.62. The van der Waals surface area contributed by atoms with Crippen LogP contribution in [0.4, 0.5) is 13.2 Å². The van der Waals surface area contributed by atoms with Crippen molar-refractivity contribution in [2.75, 3.05) is 25.9 Å². The molecule has 136 valence electrons.